The lowest BCUT2D eigenvalue weighted by atomic mass is 9.66. The number of hydrogen-bond acceptors (Lipinski definition) is 8. The van der Waals surface area contributed by atoms with E-state index in [4.69, 9.17) is 23.7 Å². The summed E-state index contributed by atoms with van der Waals surface area (Å²) in [7, 11) is 0. The summed E-state index contributed by atoms with van der Waals surface area (Å²) in [5, 5.41) is 14.2. The first kappa shape index (κ1) is 18.7. The molecule has 1 amide bonds. The summed E-state index contributed by atoms with van der Waals surface area (Å²) in [5.74, 6) is -1.40. The van der Waals surface area contributed by atoms with Crippen LogP contribution in [0.25, 0.3) is 0 Å². The van der Waals surface area contributed by atoms with Gasteiger partial charge in [-0.05, 0) is 31.5 Å². The molecule has 2 N–H and O–H groups in total. The lowest BCUT2D eigenvalue weighted by Gasteiger charge is -2.48. The van der Waals surface area contributed by atoms with Crippen LogP contribution in [0, 0.1) is 5.92 Å². The summed E-state index contributed by atoms with van der Waals surface area (Å²) >= 11 is 0. The molecule has 3 heterocycles. The molecule has 4 aliphatic rings. The van der Waals surface area contributed by atoms with Gasteiger partial charge in [0.2, 0.25) is 6.79 Å². The van der Waals surface area contributed by atoms with Crippen molar-refractivity contribution in [3.63, 3.8) is 0 Å². The highest BCUT2D eigenvalue weighted by Crippen LogP contribution is 2.50. The number of aliphatic hydroxyl groups is 1. The molecule has 1 saturated carbocycles. The van der Waals surface area contributed by atoms with Crippen molar-refractivity contribution in [3.8, 4) is 11.5 Å². The maximum absolute atomic E-state index is 12.9. The van der Waals surface area contributed by atoms with Crippen LogP contribution in [0.2, 0.25) is 0 Å². The maximum atomic E-state index is 12.9. The number of esters is 1. The lowest BCUT2D eigenvalue weighted by Crippen LogP contribution is -2.64. The van der Waals surface area contributed by atoms with Crippen LogP contribution < -0.4 is 14.8 Å². The van der Waals surface area contributed by atoms with E-state index in [0.29, 0.717) is 22.6 Å². The summed E-state index contributed by atoms with van der Waals surface area (Å²) in [4.78, 5) is 24.4. The number of carbonyl (C=O) groups excluding carboxylic acids is 2. The molecule has 29 heavy (non-hydrogen) atoms. The van der Waals surface area contributed by atoms with Crippen molar-refractivity contribution in [3.05, 3.63) is 23.3 Å². The molecule has 9 nitrogen and oxygen atoms in total. The van der Waals surface area contributed by atoms with E-state index in [2.05, 4.69) is 5.32 Å². The Morgan fingerprint density at radius 3 is 2.66 bits per heavy atom. The van der Waals surface area contributed by atoms with Crippen LogP contribution in [-0.4, -0.2) is 60.5 Å². The van der Waals surface area contributed by atoms with Crippen molar-refractivity contribution < 1.29 is 38.4 Å². The molecule has 0 radical (unpaired) electrons. The van der Waals surface area contributed by atoms with Crippen LogP contribution in [0.4, 0.5) is 0 Å². The molecule has 9 heteroatoms. The van der Waals surface area contributed by atoms with E-state index in [9.17, 15) is 14.7 Å². The fourth-order valence-electron chi connectivity index (χ4n) is 4.96. The topological polar surface area (TPSA) is 113 Å². The Morgan fingerprint density at radius 2 is 1.93 bits per heavy atom. The van der Waals surface area contributed by atoms with Gasteiger partial charge >= 0.3 is 5.97 Å². The van der Waals surface area contributed by atoms with Crippen LogP contribution in [0.5, 0.6) is 11.5 Å². The SMILES string of the molecule is CC(=O)OCC1C(O)C2OC(C)(C)OC2C2NC(=O)c3cc4c(cc3C12)OCO4. The number of benzene rings is 1. The monoisotopic (exact) mass is 405 g/mol. The highest BCUT2D eigenvalue weighted by atomic mass is 16.8. The van der Waals surface area contributed by atoms with Gasteiger partial charge < -0.3 is 34.1 Å². The average Bonchev–Trinajstić information content (AvgIpc) is 3.23. The first-order valence-electron chi connectivity index (χ1n) is 9.66. The molecule has 156 valence electrons. The van der Waals surface area contributed by atoms with E-state index < -0.39 is 42.0 Å². The van der Waals surface area contributed by atoms with Crippen LogP contribution in [0.15, 0.2) is 12.1 Å². The van der Waals surface area contributed by atoms with Crippen LogP contribution in [-0.2, 0) is 19.0 Å². The van der Waals surface area contributed by atoms with Crippen molar-refractivity contribution in [2.24, 2.45) is 5.92 Å². The zero-order chi connectivity index (χ0) is 20.5. The third-order valence-corrected chi connectivity index (χ3v) is 6.07. The number of nitrogens with one attached hydrogen (secondary N) is 1. The fourth-order valence-corrected chi connectivity index (χ4v) is 4.96. The second-order valence-corrected chi connectivity index (χ2v) is 8.34. The van der Waals surface area contributed by atoms with Crippen LogP contribution >= 0.6 is 0 Å². The van der Waals surface area contributed by atoms with Crippen molar-refractivity contribution >= 4 is 11.9 Å². The van der Waals surface area contributed by atoms with E-state index in [1.165, 1.54) is 6.92 Å². The van der Waals surface area contributed by atoms with Crippen molar-refractivity contribution in [2.75, 3.05) is 13.4 Å². The number of rotatable bonds is 2. The van der Waals surface area contributed by atoms with Crippen molar-refractivity contribution in [2.45, 2.75) is 56.8 Å². The Morgan fingerprint density at radius 1 is 1.24 bits per heavy atom. The molecule has 3 aliphatic heterocycles. The van der Waals surface area contributed by atoms with Gasteiger partial charge in [-0.2, -0.15) is 0 Å². The van der Waals surface area contributed by atoms with Crippen molar-refractivity contribution in [1.82, 2.24) is 5.32 Å². The second kappa shape index (κ2) is 6.32. The Bertz CT molecular complexity index is 883. The molecule has 1 aliphatic carbocycles. The number of amides is 1. The summed E-state index contributed by atoms with van der Waals surface area (Å²) in [6.07, 6.45) is -2.14. The third kappa shape index (κ3) is 2.87. The minimum Gasteiger partial charge on any atom is -0.465 e. The van der Waals surface area contributed by atoms with Gasteiger partial charge in [-0.3, -0.25) is 9.59 Å². The summed E-state index contributed by atoms with van der Waals surface area (Å²) < 4.78 is 28.2. The Hall–Kier alpha value is -2.36. The Balaban J connectivity index is 1.61. The fraction of sp³-hybridized carbons (Fsp3) is 0.600. The smallest absolute Gasteiger partial charge is 0.302 e. The van der Waals surface area contributed by atoms with Gasteiger partial charge in [0.15, 0.2) is 17.3 Å². The van der Waals surface area contributed by atoms with Gasteiger partial charge in [-0.15, -0.1) is 0 Å². The van der Waals surface area contributed by atoms with E-state index >= 15 is 0 Å². The zero-order valence-electron chi connectivity index (χ0n) is 16.3. The highest BCUT2D eigenvalue weighted by Gasteiger charge is 2.60. The molecular formula is C20H23NO8. The molecule has 1 aromatic carbocycles. The predicted octanol–water partition coefficient (Wildman–Crippen LogP) is 0.685. The van der Waals surface area contributed by atoms with E-state index in [-0.39, 0.29) is 25.2 Å². The van der Waals surface area contributed by atoms with E-state index in [1.807, 2.05) is 0 Å². The van der Waals surface area contributed by atoms with E-state index in [1.54, 1.807) is 26.0 Å². The van der Waals surface area contributed by atoms with Gasteiger partial charge in [0.05, 0.1) is 18.8 Å². The average molecular weight is 405 g/mol. The molecule has 1 aromatic rings. The summed E-state index contributed by atoms with van der Waals surface area (Å²) in [5.41, 5.74) is 1.16. The van der Waals surface area contributed by atoms with Crippen LogP contribution in [0.1, 0.15) is 42.6 Å². The Kier molecular flexibility index (Phi) is 4.06. The maximum Gasteiger partial charge on any atom is 0.302 e. The summed E-state index contributed by atoms with van der Waals surface area (Å²) in [6, 6.07) is 2.98. The first-order valence-corrected chi connectivity index (χ1v) is 9.66. The van der Waals surface area contributed by atoms with Gasteiger partial charge in [-0.25, -0.2) is 0 Å². The summed E-state index contributed by atoms with van der Waals surface area (Å²) in [6.45, 7) is 4.94. The molecule has 6 atom stereocenters. The highest BCUT2D eigenvalue weighted by molar-refractivity contribution is 5.98. The standard InChI is InChI=1S/C20H23NO8/c1-8(22)25-6-11-14-9-4-12-13(27-7-26-12)5-10(9)19(24)21-15(14)17-18(16(11)23)29-20(2,3)28-17/h4-5,11,14-18,23H,6-7H2,1-3H3,(H,21,24). The quantitative estimate of drug-likeness (QED) is 0.691. The molecule has 2 fully saturated rings. The number of hydrogen-bond donors (Lipinski definition) is 2. The minimum absolute atomic E-state index is 0.00553. The van der Waals surface area contributed by atoms with Gasteiger partial charge in [-0.1, -0.05) is 0 Å². The first-order chi connectivity index (χ1) is 13.7. The number of aliphatic hydroxyl groups excluding tert-OH is 1. The van der Waals surface area contributed by atoms with Crippen LogP contribution in [0.3, 0.4) is 0 Å². The Labute approximate surface area is 167 Å². The normalized spacial score (nSPS) is 35.9. The molecule has 0 aromatic heterocycles. The predicted molar refractivity (Wildman–Crippen MR) is 96.5 cm³/mol. The lowest BCUT2D eigenvalue weighted by molar-refractivity contribution is -0.160. The zero-order valence-corrected chi connectivity index (χ0v) is 16.3. The molecule has 6 unspecified atom stereocenters. The van der Waals surface area contributed by atoms with Gasteiger partial charge in [0.1, 0.15) is 12.2 Å². The second-order valence-electron chi connectivity index (χ2n) is 8.34. The molecule has 0 bridgehead atoms. The number of ether oxygens (including phenoxy) is 5. The number of carbonyl (C=O) groups is 2. The van der Waals surface area contributed by atoms with Gasteiger partial charge in [0.25, 0.3) is 5.91 Å². The molecule has 0 spiro atoms. The molecule has 5 rings (SSSR count). The van der Waals surface area contributed by atoms with E-state index in [0.717, 1.165) is 0 Å². The third-order valence-electron chi connectivity index (χ3n) is 6.07. The number of fused-ring (bicyclic) bond motifs is 6. The molecular weight excluding hydrogens is 382 g/mol. The molecule has 1 saturated heterocycles. The van der Waals surface area contributed by atoms with Gasteiger partial charge in [0, 0.05) is 24.3 Å². The van der Waals surface area contributed by atoms with Crippen molar-refractivity contribution in [1.29, 1.82) is 0 Å². The minimum atomic E-state index is -0.948. The largest absolute Gasteiger partial charge is 0.465 e.